The molecule has 9 heteroatoms. The molecule has 2 N–H and O–H groups in total. The highest BCUT2D eigenvalue weighted by Gasteiger charge is 2.33. The van der Waals surface area contributed by atoms with E-state index >= 15 is 0 Å². The maximum Gasteiger partial charge on any atom is 0.407 e. The Hall–Kier alpha value is -2.46. The van der Waals surface area contributed by atoms with Gasteiger partial charge in [-0.3, -0.25) is 0 Å². The van der Waals surface area contributed by atoms with E-state index in [9.17, 15) is 18.3 Å². The second-order valence-corrected chi connectivity index (χ2v) is 11.6. The van der Waals surface area contributed by atoms with Crippen LogP contribution in [0.3, 0.4) is 0 Å². The highest BCUT2D eigenvalue weighted by Crippen LogP contribution is 2.28. The van der Waals surface area contributed by atoms with Gasteiger partial charge in [0.2, 0.25) is 10.0 Å². The number of sulfonamides is 1. The molecule has 8 nitrogen and oxygen atoms in total. The van der Waals surface area contributed by atoms with Crippen LogP contribution in [0.5, 0.6) is 0 Å². The molecule has 1 saturated carbocycles. The third-order valence-electron chi connectivity index (χ3n) is 6.94. The van der Waals surface area contributed by atoms with Gasteiger partial charge in [-0.25, -0.2) is 13.2 Å². The Bertz CT molecular complexity index is 1050. The zero-order valence-electron chi connectivity index (χ0n) is 20.5. The quantitative estimate of drug-likeness (QED) is 0.475. The molecule has 3 atom stereocenters. The van der Waals surface area contributed by atoms with Crippen LogP contribution in [-0.2, 0) is 25.9 Å². The maximum absolute atomic E-state index is 13.6. The van der Waals surface area contributed by atoms with Crippen LogP contribution < -0.4 is 5.32 Å². The van der Waals surface area contributed by atoms with Crippen molar-refractivity contribution in [3.05, 3.63) is 66.2 Å². The number of rotatable bonds is 11. The number of nitrogens with zero attached hydrogens (tertiary/aromatic N) is 1. The van der Waals surface area contributed by atoms with Crippen LogP contribution in [0.15, 0.2) is 65.6 Å². The summed E-state index contributed by atoms with van der Waals surface area (Å²) in [6.07, 6.45) is 2.97. The zero-order chi connectivity index (χ0) is 25.4. The van der Waals surface area contributed by atoms with Crippen molar-refractivity contribution in [2.75, 3.05) is 26.3 Å². The molecule has 0 radical (unpaired) electrons. The van der Waals surface area contributed by atoms with Crippen LogP contribution in [0.2, 0.25) is 0 Å². The van der Waals surface area contributed by atoms with Crippen molar-refractivity contribution >= 4 is 16.1 Å². The van der Waals surface area contributed by atoms with Gasteiger partial charge in [-0.15, -0.1) is 0 Å². The topological polar surface area (TPSA) is 105 Å². The average molecular weight is 517 g/mol. The summed E-state index contributed by atoms with van der Waals surface area (Å²) in [6, 6.07) is 17.1. The number of benzene rings is 2. The smallest absolute Gasteiger partial charge is 0.407 e. The largest absolute Gasteiger partial charge is 0.444 e. The minimum Gasteiger partial charge on any atom is -0.444 e. The molecule has 1 aliphatic heterocycles. The van der Waals surface area contributed by atoms with Crippen molar-refractivity contribution in [2.45, 2.75) is 61.7 Å². The number of amides is 1. The number of carbonyl (C=O) groups excluding carboxylic acids is 1. The number of carbonyl (C=O) groups is 1. The van der Waals surface area contributed by atoms with E-state index < -0.39 is 28.3 Å². The lowest BCUT2D eigenvalue weighted by atomic mass is 10.0. The molecule has 1 heterocycles. The molecule has 2 aromatic rings. The highest BCUT2D eigenvalue weighted by molar-refractivity contribution is 7.89. The first-order valence-corrected chi connectivity index (χ1v) is 14.2. The standard InChI is InChI=1S/C27H36N2O6S/c30-26(19-29(18-22-11-7-8-12-22)36(32,33)24-13-5-2-6-14-24)25(17-21-9-3-1-4-10-21)28-27(31)35-23-15-16-34-20-23/h1-6,9-10,13-14,22-23,25-26,30H,7-8,11-12,15-20H2,(H,28,31)/t23-,25-,26+/m0/s1. The highest BCUT2D eigenvalue weighted by atomic mass is 32.2. The van der Waals surface area contributed by atoms with Crippen LogP contribution in [-0.4, -0.2) is 68.5 Å². The van der Waals surface area contributed by atoms with Crippen molar-refractivity contribution in [2.24, 2.45) is 5.92 Å². The fourth-order valence-corrected chi connectivity index (χ4v) is 6.48. The van der Waals surface area contributed by atoms with Gasteiger partial charge in [0, 0.05) is 19.5 Å². The summed E-state index contributed by atoms with van der Waals surface area (Å²) in [4.78, 5) is 12.9. The predicted molar refractivity (Wildman–Crippen MR) is 136 cm³/mol. The van der Waals surface area contributed by atoms with Gasteiger partial charge in [-0.05, 0) is 42.9 Å². The molecule has 0 unspecified atom stereocenters. The first-order valence-electron chi connectivity index (χ1n) is 12.7. The summed E-state index contributed by atoms with van der Waals surface area (Å²) in [5.41, 5.74) is 0.916. The summed E-state index contributed by atoms with van der Waals surface area (Å²) in [7, 11) is -3.82. The van der Waals surface area contributed by atoms with Gasteiger partial charge in [0.25, 0.3) is 0 Å². The van der Waals surface area contributed by atoms with Gasteiger partial charge in [0.15, 0.2) is 0 Å². The Kier molecular flexibility index (Phi) is 9.36. The number of hydrogen-bond acceptors (Lipinski definition) is 6. The number of alkyl carbamates (subject to hydrolysis) is 1. The minimum atomic E-state index is -3.82. The van der Waals surface area contributed by atoms with Crippen LogP contribution >= 0.6 is 0 Å². The molecule has 2 fully saturated rings. The van der Waals surface area contributed by atoms with E-state index in [0.29, 0.717) is 32.6 Å². The maximum atomic E-state index is 13.6. The van der Waals surface area contributed by atoms with E-state index in [1.165, 1.54) is 4.31 Å². The van der Waals surface area contributed by atoms with Crippen LogP contribution in [0, 0.1) is 5.92 Å². The average Bonchev–Trinajstić information content (AvgIpc) is 3.59. The molecular weight excluding hydrogens is 480 g/mol. The monoisotopic (exact) mass is 516 g/mol. The van der Waals surface area contributed by atoms with Gasteiger partial charge in [-0.2, -0.15) is 4.31 Å². The summed E-state index contributed by atoms with van der Waals surface area (Å²) < 4.78 is 39.3. The zero-order valence-corrected chi connectivity index (χ0v) is 21.3. The Morgan fingerprint density at radius 1 is 1.06 bits per heavy atom. The lowest BCUT2D eigenvalue weighted by Gasteiger charge is -2.31. The molecule has 2 aliphatic rings. The number of aliphatic hydroxyl groups is 1. The number of hydrogen-bond donors (Lipinski definition) is 2. The van der Waals surface area contributed by atoms with E-state index in [0.717, 1.165) is 31.2 Å². The van der Waals surface area contributed by atoms with Gasteiger partial charge < -0.3 is 19.9 Å². The normalized spacial score (nSPS) is 20.3. The second kappa shape index (κ2) is 12.7. The van der Waals surface area contributed by atoms with Gasteiger partial charge >= 0.3 is 6.09 Å². The fourth-order valence-electron chi connectivity index (χ4n) is 4.92. The molecule has 1 saturated heterocycles. The molecule has 4 rings (SSSR count). The predicted octanol–water partition coefficient (Wildman–Crippen LogP) is 3.35. The molecule has 0 spiro atoms. The van der Waals surface area contributed by atoms with E-state index in [4.69, 9.17) is 9.47 Å². The van der Waals surface area contributed by atoms with Crippen LogP contribution in [0.1, 0.15) is 37.7 Å². The SMILES string of the molecule is O=C(N[C@@H](Cc1ccccc1)[C@H](O)CN(CC1CCCC1)S(=O)(=O)c1ccccc1)O[C@H]1CCOC1. The molecule has 196 valence electrons. The first kappa shape index (κ1) is 26.6. The number of nitrogens with one attached hydrogen (secondary N) is 1. The number of ether oxygens (including phenoxy) is 2. The molecule has 0 bridgehead atoms. The minimum absolute atomic E-state index is 0.127. The molecule has 2 aromatic carbocycles. The van der Waals surface area contributed by atoms with Crippen molar-refractivity contribution in [3.8, 4) is 0 Å². The van der Waals surface area contributed by atoms with E-state index in [1.807, 2.05) is 30.3 Å². The van der Waals surface area contributed by atoms with Crippen LogP contribution in [0.4, 0.5) is 4.79 Å². The summed E-state index contributed by atoms with van der Waals surface area (Å²) in [5, 5.41) is 14.1. The van der Waals surface area contributed by atoms with Crippen molar-refractivity contribution in [3.63, 3.8) is 0 Å². The molecule has 36 heavy (non-hydrogen) atoms. The summed E-state index contributed by atoms with van der Waals surface area (Å²) in [6.45, 7) is 1.11. The number of aliphatic hydroxyl groups excluding tert-OH is 1. The van der Waals surface area contributed by atoms with Crippen LogP contribution in [0.25, 0.3) is 0 Å². The molecule has 1 aliphatic carbocycles. The third-order valence-corrected chi connectivity index (χ3v) is 8.78. The first-order chi connectivity index (χ1) is 17.4. The fraction of sp³-hybridized carbons (Fsp3) is 0.519. The molecule has 0 aromatic heterocycles. The summed E-state index contributed by atoms with van der Waals surface area (Å²) >= 11 is 0. The Morgan fingerprint density at radius 3 is 2.36 bits per heavy atom. The lowest BCUT2D eigenvalue weighted by molar-refractivity contribution is 0.0641. The van der Waals surface area contributed by atoms with E-state index in [2.05, 4.69) is 5.32 Å². The van der Waals surface area contributed by atoms with Gasteiger partial charge in [0.1, 0.15) is 6.10 Å². The molecular formula is C27H36N2O6S. The van der Waals surface area contributed by atoms with Gasteiger partial charge in [0.05, 0.1) is 30.3 Å². The van der Waals surface area contributed by atoms with Gasteiger partial charge in [-0.1, -0.05) is 61.4 Å². The lowest BCUT2D eigenvalue weighted by Crippen LogP contribution is -2.51. The Labute approximate surface area is 213 Å². The third kappa shape index (κ3) is 7.29. The summed E-state index contributed by atoms with van der Waals surface area (Å²) in [5.74, 6) is 0.253. The van der Waals surface area contributed by atoms with E-state index in [-0.39, 0.29) is 23.5 Å². The van der Waals surface area contributed by atoms with Crippen molar-refractivity contribution < 1.29 is 27.8 Å². The van der Waals surface area contributed by atoms with Crippen molar-refractivity contribution in [1.29, 1.82) is 0 Å². The second-order valence-electron chi connectivity index (χ2n) is 9.68. The van der Waals surface area contributed by atoms with Crippen molar-refractivity contribution in [1.82, 2.24) is 9.62 Å². The Morgan fingerprint density at radius 2 is 1.72 bits per heavy atom. The molecule has 1 amide bonds. The van der Waals surface area contributed by atoms with E-state index in [1.54, 1.807) is 30.3 Å². The Balaban J connectivity index is 1.52.